The summed E-state index contributed by atoms with van der Waals surface area (Å²) >= 11 is 0. The molecular weight excluding hydrogens is 512 g/mol. The van der Waals surface area contributed by atoms with Gasteiger partial charge in [-0.15, -0.1) is 0 Å². The quantitative estimate of drug-likeness (QED) is 0.146. The molecule has 1 saturated heterocycles. The number of primary amides is 1. The van der Waals surface area contributed by atoms with Crippen molar-refractivity contribution in [2.75, 3.05) is 13.2 Å². The van der Waals surface area contributed by atoms with Gasteiger partial charge in [0.05, 0.1) is 13.2 Å². The molecule has 3 amide bonds. The second kappa shape index (κ2) is 12.2. The van der Waals surface area contributed by atoms with Crippen molar-refractivity contribution < 1.29 is 44.3 Å². The van der Waals surface area contributed by atoms with Gasteiger partial charge >= 0.3 is 0 Å². The molecule has 13 nitrogen and oxygen atoms in total. The molecule has 0 radical (unpaired) electrons. The van der Waals surface area contributed by atoms with Crippen LogP contribution in [-0.4, -0.2) is 93.0 Å². The van der Waals surface area contributed by atoms with Gasteiger partial charge in [0.2, 0.25) is 18.1 Å². The number of hydrogen-bond acceptors (Lipinski definition) is 9. The van der Waals surface area contributed by atoms with E-state index in [0.29, 0.717) is 0 Å². The largest absolute Gasteiger partial charge is 0.462 e. The number of ether oxygens (including phenoxy) is 2. The fraction of sp³-hybridized carbons (Fsp3) is 0.346. The minimum atomic E-state index is -1.60. The van der Waals surface area contributed by atoms with E-state index < -0.39 is 61.1 Å². The van der Waals surface area contributed by atoms with Crippen molar-refractivity contribution in [1.29, 1.82) is 0 Å². The number of hydrogen-bond donors (Lipinski definition) is 8. The molecule has 13 heteroatoms. The van der Waals surface area contributed by atoms with Crippen molar-refractivity contribution in [2.45, 2.75) is 43.2 Å². The molecule has 0 bridgehead atoms. The SMILES string of the molecule is NC(=O)CNC(=O)[C@H](Cc1c[nH]c2ccccc12)NC(=O)c1ccc(O[C@@H]2O[C@H](CO)[C@H](O)[C@H](O)[C@H]2O)cc1. The van der Waals surface area contributed by atoms with Crippen LogP contribution in [0.25, 0.3) is 10.9 Å². The van der Waals surface area contributed by atoms with Crippen LogP contribution in [0.5, 0.6) is 5.75 Å². The molecule has 1 aliphatic rings. The number of aliphatic hydroxyl groups excluding tert-OH is 4. The van der Waals surface area contributed by atoms with Crippen LogP contribution in [-0.2, 0) is 20.7 Å². The predicted octanol–water partition coefficient (Wildman–Crippen LogP) is -1.71. The van der Waals surface area contributed by atoms with Gasteiger partial charge in [0.25, 0.3) is 5.91 Å². The lowest BCUT2D eigenvalue weighted by Gasteiger charge is -2.39. The molecule has 0 spiro atoms. The molecule has 6 atom stereocenters. The van der Waals surface area contributed by atoms with Crippen molar-refractivity contribution in [1.82, 2.24) is 15.6 Å². The molecular formula is C26H30N4O9. The van der Waals surface area contributed by atoms with Crippen LogP contribution >= 0.6 is 0 Å². The minimum Gasteiger partial charge on any atom is -0.462 e. The van der Waals surface area contributed by atoms with Crippen LogP contribution in [0.3, 0.4) is 0 Å². The van der Waals surface area contributed by atoms with E-state index in [-0.39, 0.29) is 24.3 Å². The van der Waals surface area contributed by atoms with Crippen LogP contribution in [0.4, 0.5) is 0 Å². The average Bonchev–Trinajstić information content (AvgIpc) is 3.34. The van der Waals surface area contributed by atoms with Gasteiger partial charge in [-0.2, -0.15) is 0 Å². The van der Waals surface area contributed by atoms with Crippen LogP contribution in [0.1, 0.15) is 15.9 Å². The maximum Gasteiger partial charge on any atom is 0.251 e. The number of carbonyl (C=O) groups excluding carboxylic acids is 3. The van der Waals surface area contributed by atoms with E-state index in [2.05, 4.69) is 15.6 Å². The molecule has 39 heavy (non-hydrogen) atoms. The summed E-state index contributed by atoms with van der Waals surface area (Å²) in [4.78, 5) is 40.1. The Balaban J connectivity index is 1.45. The maximum atomic E-state index is 13.0. The molecule has 1 aromatic heterocycles. The number of nitrogens with two attached hydrogens (primary N) is 1. The smallest absolute Gasteiger partial charge is 0.251 e. The third-order valence-corrected chi connectivity index (χ3v) is 6.37. The molecule has 2 heterocycles. The molecule has 208 valence electrons. The fourth-order valence-corrected chi connectivity index (χ4v) is 4.25. The molecule has 1 fully saturated rings. The maximum absolute atomic E-state index is 13.0. The van der Waals surface area contributed by atoms with Crippen molar-refractivity contribution in [3.8, 4) is 5.75 Å². The van der Waals surface area contributed by atoms with E-state index >= 15 is 0 Å². The first-order valence-electron chi connectivity index (χ1n) is 12.2. The van der Waals surface area contributed by atoms with E-state index in [1.54, 1.807) is 6.20 Å². The van der Waals surface area contributed by atoms with Gasteiger partial charge in [-0.1, -0.05) is 18.2 Å². The number of fused-ring (bicyclic) bond motifs is 1. The highest BCUT2D eigenvalue weighted by molar-refractivity contribution is 5.98. The lowest BCUT2D eigenvalue weighted by Crippen LogP contribution is -2.60. The van der Waals surface area contributed by atoms with Crippen molar-refractivity contribution in [3.05, 3.63) is 65.9 Å². The summed E-state index contributed by atoms with van der Waals surface area (Å²) in [6, 6.07) is 12.1. The first-order chi connectivity index (χ1) is 18.7. The zero-order valence-corrected chi connectivity index (χ0v) is 20.7. The van der Waals surface area contributed by atoms with E-state index in [1.807, 2.05) is 24.3 Å². The Kier molecular flexibility index (Phi) is 8.79. The normalized spacial score (nSPS) is 23.6. The third-order valence-electron chi connectivity index (χ3n) is 6.37. The number of H-pyrrole nitrogens is 1. The molecule has 1 aliphatic heterocycles. The highest BCUT2D eigenvalue weighted by Crippen LogP contribution is 2.25. The van der Waals surface area contributed by atoms with Crippen LogP contribution < -0.4 is 21.1 Å². The topological polar surface area (TPSA) is 216 Å². The molecule has 4 rings (SSSR count). The van der Waals surface area contributed by atoms with Crippen molar-refractivity contribution in [3.63, 3.8) is 0 Å². The lowest BCUT2D eigenvalue weighted by atomic mass is 9.99. The summed E-state index contributed by atoms with van der Waals surface area (Å²) in [6.45, 7) is -0.986. The van der Waals surface area contributed by atoms with Crippen LogP contribution in [0.15, 0.2) is 54.7 Å². The Morgan fingerprint density at radius 1 is 1.03 bits per heavy atom. The van der Waals surface area contributed by atoms with Gasteiger partial charge in [0, 0.05) is 29.1 Å². The number of aromatic amines is 1. The first kappa shape index (κ1) is 28.0. The third kappa shape index (κ3) is 6.53. The number of para-hydroxylation sites is 1. The number of amides is 3. The van der Waals surface area contributed by atoms with Gasteiger partial charge < -0.3 is 51.3 Å². The summed E-state index contributed by atoms with van der Waals surface area (Å²) in [7, 11) is 0. The number of aromatic nitrogens is 1. The molecule has 3 aromatic rings. The van der Waals surface area contributed by atoms with Crippen molar-refractivity contribution >= 4 is 28.6 Å². The Hall–Kier alpha value is -4.01. The van der Waals surface area contributed by atoms with Gasteiger partial charge in [-0.05, 0) is 35.9 Å². The zero-order chi connectivity index (χ0) is 28.1. The zero-order valence-electron chi connectivity index (χ0n) is 20.7. The standard InChI is InChI=1S/C26H30N4O9/c27-20(32)11-29-25(37)18(9-14-10-28-17-4-2-1-3-16(14)17)30-24(36)13-5-7-15(8-6-13)38-26-23(35)22(34)21(33)19(12-31)39-26/h1-8,10,18-19,21-23,26,28,31,33-35H,9,11-12H2,(H2,27,32)(H,29,37)(H,30,36)/t18-,19+,21-,22-,23+,26+/m0/s1. The van der Waals surface area contributed by atoms with E-state index in [4.69, 9.17) is 15.2 Å². The van der Waals surface area contributed by atoms with Gasteiger partial charge in [-0.3, -0.25) is 14.4 Å². The number of aliphatic hydroxyl groups is 4. The van der Waals surface area contributed by atoms with Gasteiger partial charge in [-0.25, -0.2) is 0 Å². The minimum absolute atomic E-state index is 0.138. The average molecular weight is 543 g/mol. The summed E-state index contributed by atoms with van der Waals surface area (Å²) < 4.78 is 10.9. The van der Waals surface area contributed by atoms with Crippen LogP contribution in [0.2, 0.25) is 0 Å². The second-order valence-corrected chi connectivity index (χ2v) is 9.11. The summed E-state index contributed by atoms with van der Waals surface area (Å²) in [5, 5.41) is 45.3. The number of nitrogens with one attached hydrogen (secondary N) is 3. The Morgan fingerprint density at radius 2 is 1.74 bits per heavy atom. The van der Waals surface area contributed by atoms with E-state index in [9.17, 15) is 34.8 Å². The Morgan fingerprint density at radius 3 is 2.44 bits per heavy atom. The highest BCUT2D eigenvalue weighted by atomic mass is 16.7. The molecule has 2 aromatic carbocycles. The monoisotopic (exact) mass is 542 g/mol. The second-order valence-electron chi connectivity index (χ2n) is 9.11. The molecule has 0 aliphatic carbocycles. The number of carbonyl (C=O) groups is 3. The van der Waals surface area contributed by atoms with Crippen LogP contribution in [0, 0.1) is 0 Å². The van der Waals surface area contributed by atoms with E-state index in [0.717, 1.165) is 16.5 Å². The molecule has 0 saturated carbocycles. The van der Waals surface area contributed by atoms with E-state index in [1.165, 1.54) is 24.3 Å². The first-order valence-corrected chi connectivity index (χ1v) is 12.2. The van der Waals surface area contributed by atoms with Gasteiger partial charge in [0.15, 0.2) is 0 Å². The van der Waals surface area contributed by atoms with Gasteiger partial charge in [0.1, 0.15) is 36.2 Å². The number of rotatable bonds is 10. The Labute approximate surface area is 222 Å². The summed E-state index contributed by atoms with van der Waals surface area (Å²) in [5.41, 5.74) is 6.98. The predicted molar refractivity (Wildman–Crippen MR) is 136 cm³/mol. The number of benzene rings is 2. The molecule has 0 unspecified atom stereocenters. The highest BCUT2D eigenvalue weighted by Gasteiger charge is 2.44. The summed E-state index contributed by atoms with van der Waals surface area (Å²) in [5.74, 6) is -1.72. The van der Waals surface area contributed by atoms with Crippen molar-refractivity contribution in [2.24, 2.45) is 5.73 Å². The lowest BCUT2D eigenvalue weighted by molar-refractivity contribution is -0.277. The Bertz CT molecular complexity index is 1310. The molecule has 9 N–H and O–H groups in total. The summed E-state index contributed by atoms with van der Waals surface area (Å²) in [6.07, 6.45) is -5.33. The fourth-order valence-electron chi connectivity index (χ4n) is 4.25.